The van der Waals surface area contributed by atoms with Crippen LogP contribution in [0.5, 0.6) is 5.75 Å². The van der Waals surface area contributed by atoms with E-state index in [0.29, 0.717) is 19.5 Å². The van der Waals surface area contributed by atoms with Crippen LogP contribution < -0.4 is 15.8 Å². The average molecular weight is 337 g/mol. The molecule has 0 heterocycles. The molecule has 1 aromatic rings. The van der Waals surface area contributed by atoms with Crippen LogP contribution in [0, 0.1) is 0 Å². The predicted octanol–water partition coefficient (Wildman–Crippen LogP) is 3.24. The molecule has 3 N–H and O–H groups in total. The molecular weight excluding hydrogens is 314 g/mol. The summed E-state index contributed by atoms with van der Waals surface area (Å²) in [5.74, 6) is 0.0569. The van der Waals surface area contributed by atoms with Crippen molar-refractivity contribution in [1.82, 2.24) is 5.32 Å². The second-order valence-electron chi connectivity index (χ2n) is 4.76. The fraction of sp³-hybridized carbons (Fsp3) is 0.533. The molecule has 0 saturated heterocycles. The zero-order valence-electron chi connectivity index (χ0n) is 12.4. The van der Waals surface area contributed by atoms with Crippen molar-refractivity contribution in [2.24, 2.45) is 5.73 Å². The van der Waals surface area contributed by atoms with Gasteiger partial charge in [-0.15, -0.1) is 12.4 Å². The van der Waals surface area contributed by atoms with Crippen LogP contribution in [-0.2, 0) is 11.3 Å². The second-order valence-corrected chi connectivity index (χ2v) is 4.76. The van der Waals surface area contributed by atoms with Crippen molar-refractivity contribution in [3.8, 4) is 5.75 Å². The summed E-state index contributed by atoms with van der Waals surface area (Å²) in [4.78, 5) is 11.6. The molecule has 7 heteroatoms. The Bertz CT molecular complexity index is 434. The molecule has 1 rings (SSSR count). The van der Waals surface area contributed by atoms with Crippen LogP contribution in [0.4, 0.5) is 8.78 Å². The Morgan fingerprint density at radius 1 is 1.23 bits per heavy atom. The highest BCUT2D eigenvalue weighted by molar-refractivity contribution is 5.85. The zero-order valence-corrected chi connectivity index (χ0v) is 13.2. The quantitative estimate of drug-likeness (QED) is 0.645. The first-order valence-electron chi connectivity index (χ1n) is 7.12. The van der Waals surface area contributed by atoms with Gasteiger partial charge in [-0.25, -0.2) is 0 Å². The summed E-state index contributed by atoms with van der Waals surface area (Å²) >= 11 is 0. The lowest BCUT2D eigenvalue weighted by atomic mass is 10.1. The topological polar surface area (TPSA) is 64.4 Å². The Morgan fingerprint density at radius 3 is 2.64 bits per heavy atom. The first-order chi connectivity index (χ1) is 10.1. The molecule has 0 aromatic heterocycles. The van der Waals surface area contributed by atoms with E-state index in [9.17, 15) is 13.6 Å². The lowest BCUT2D eigenvalue weighted by molar-refractivity contribution is -0.121. The molecule has 0 aliphatic rings. The molecule has 0 aliphatic heterocycles. The summed E-state index contributed by atoms with van der Waals surface area (Å²) in [5.41, 5.74) is 6.12. The highest BCUT2D eigenvalue weighted by atomic mass is 35.5. The molecular formula is C15H23ClF2N2O2. The monoisotopic (exact) mass is 336 g/mol. The number of unbranched alkanes of at least 4 members (excludes halogenated alkanes) is 3. The van der Waals surface area contributed by atoms with Crippen LogP contribution in [0.1, 0.15) is 37.7 Å². The fourth-order valence-electron chi connectivity index (χ4n) is 1.90. The predicted molar refractivity (Wildman–Crippen MR) is 84.3 cm³/mol. The molecule has 0 bridgehead atoms. The first kappa shape index (κ1) is 20.6. The zero-order chi connectivity index (χ0) is 15.5. The van der Waals surface area contributed by atoms with E-state index in [1.807, 2.05) is 0 Å². The lowest BCUT2D eigenvalue weighted by Gasteiger charge is -2.08. The van der Waals surface area contributed by atoms with Crippen LogP contribution in [0.25, 0.3) is 0 Å². The number of ether oxygens (including phenoxy) is 1. The highest BCUT2D eigenvalue weighted by Crippen LogP contribution is 2.15. The fourth-order valence-corrected chi connectivity index (χ4v) is 1.90. The first-order valence-corrected chi connectivity index (χ1v) is 7.12. The maximum Gasteiger partial charge on any atom is 0.387 e. The SMILES string of the molecule is Cl.NCCCCCCC(=O)NCc1cccc(OC(F)F)c1. The highest BCUT2D eigenvalue weighted by Gasteiger charge is 2.05. The molecule has 126 valence electrons. The van der Waals surface area contributed by atoms with E-state index in [2.05, 4.69) is 10.1 Å². The van der Waals surface area contributed by atoms with E-state index in [1.165, 1.54) is 12.1 Å². The maximum absolute atomic E-state index is 12.1. The van der Waals surface area contributed by atoms with Gasteiger partial charge >= 0.3 is 6.61 Å². The van der Waals surface area contributed by atoms with Gasteiger partial charge in [-0.1, -0.05) is 25.0 Å². The summed E-state index contributed by atoms with van der Waals surface area (Å²) in [7, 11) is 0. The van der Waals surface area contributed by atoms with Gasteiger partial charge in [0.1, 0.15) is 5.75 Å². The van der Waals surface area contributed by atoms with Crippen LogP contribution >= 0.6 is 12.4 Å². The van der Waals surface area contributed by atoms with Gasteiger partial charge in [0.05, 0.1) is 0 Å². The molecule has 0 spiro atoms. The summed E-state index contributed by atoms with van der Waals surface area (Å²) in [6.07, 6.45) is 4.32. The van der Waals surface area contributed by atoms with Crippen molar-refractivity contribution >= 4 is 18.3 Å². The number of alkyl halides is 2. The summed E-state index contributed by atoms with van der Waals surface area (Å²) in [5, 5.41) is 2.76. The molecule has 0 radical (unpaired) electrons. The van der Waals surface area contributed by atoms with Crippen LogP contribution in [0.15, 0.2) is 24.3 Å². The van der Waals surface area contributed by atoms with E-state index in [-0.39, 0.29) is 24.1 Å². The molecule has 0 fully saturated rings. The van der Waals surface area contributed by atoms with Crippen molar-refractivity contribution in [2.75, 3.05) is 6.54 Å². The van der Waals surface area contributed by atoms with Gasteiger partial charge in [0.2, 0.25) is 5.91 Å². The number of carbonyl (C=O) groups is 1. The number of halogens is 3. The number of nitrogens with two attached hydrogens (primary N) is 1. The van der Waals surface area contributed by atoms with E-state index in [0.717, 1.165) is 31.2 Å². The van der Waals surface area contributed by atoms with Crippen LogP contribution in [0.2, 0.25) is 0 Å². The van der Waals surface area contributed by atoms with Crippen molar-refractivity contribution < 1.29 is 18.3 Å². The summed E-state index contributed by atoms with van der Waals surface area (Å²) in [6, 6.07) is 6.31. The molecule has 1 amide bonds. The Balaban J connectivity index is 0.00000441. The van der Waals surface area contributed by atoms with Gasteiger partial charge in [0.25, 0.3) is 0 Å². The maximum atomic E-state index is 12.1. The minimum atomic E-state index is -2.84. The van der Waals surface area contributed by atoms with Gasteiger partial charge in [-0.2, -0.15) is 8.78 Å². The lowest BCUT2D eigenvalue weighted by Crippen LogP contribution is -2.22. The van der Waals surface area contributed by atoms with Crippen LogP contribution in [-0.4, -0.2) is 19.1 Å². The second kappa shape index (κ2) is 12.2. The summed E-state index contributed by atoms with van der Waals surface area (Å²) < 4.78 is 28.5. The van der Waals surface area contributed by atoms with Crippen molar-refractivity contribution in [3.05, 3.63) is 29.8 Å². The van der Waals surface area contributed by atoms with E-state index >= 15 is 0 Å². The Morgan fingerprint density at radius 2 is 1.95 bits per heavy atom. The number of hydrogen-bond acceptors (Lipinski definition) is 3. The van der Waals surface area contributed by atoms with E-state index < -0.39 is 6.61 Å². The van der Waals surface area contributed by atoms with Gasteiger partial charge in [0, 0.05) is 13.0 Å². The van der Waals surface area contributed by atoms with Gasteiger partial charge in [-0.05, 0) is 37.1 Å². The number of carbonyl (C=O) groups excluding carboxylic acids is 1. The Kier molecular flexibility index (Phi) is 11.4. The number of rotatable bonds is 10. The standard InChI is InChI=1S/C15H22F2N2O2.ClH/c16-15(17)21-13-7-5-6-12(10-13)11-19-14(20)8-3-1-2-4-9-18;/h5-7,10,15H,1-4,8-9,11,18H2,(H,19,20);1H. The number of nitrogens with one attached hydrogen (secondary N) is 1. The molecule has 0 aliphatic carbocycles. The van der Waals surface area contributed by atoms with Crippen molar-refractivity contribution in [1.29, 1.82) is 0 Å². The molecule has 1 aromatic carbocycles. The minimum Gasteiger partial charge on any atom is -0.435 e. The number of hydrogen-bond donors (Lipinski definition) is 2. The van der Waals surface area contributed by atoms with Crippen molar-refractivity contribution in [2.45, 2.75) is 45.3 Å². The Hall–Kier alpha value is -1.40. The third kappa shape index (κ3) is 9.52. The third-order valence-electron chi connectivity index (χ3n) is 2.97. The van der Waals surface area contributed by atoms with Gasteiger partial charge in [-0.3, -0.25) is 4.79 Å². The summed E-state index contributed by atoms with van der Waals surface area (Å²) in [6.45, 7) is -1.85. The average Bonchev–Trinajstić information content (AvgIpc) is 2.44. The van der Waals surface area contributed by atoms with Gasteiger partial charge in [0.15, 0.2) is 0 Å². The molecule has 4 nitrogen and oxygen atoms in total. The van der Waals surface area contributed by atoms with E-state index in [1.54, 1.807) is 12.1 Å². The molecule has 0 saturated carbocycles. The van der Waals surface area contributed by atoms with E-state index in [4.69, 9.17) is 5.73 Å². The largest absolute Gasteiger partial charge is 0.435 e. The third-order valence-corrected chi connectivity index (χ3v) is 2.97. The number of benzene rings is 1. The molecule has 0 atom stereocenters. The number of amides is 1. The minimum absolute atomic E-state index is 0. The Labute approximate surface area is 135 Å². The molecule has 0 unspecified atom stereocenters. The normalized spacial score (nSPS) is 10.2. The van der Waals surface area contributed by atoms with Crippen LogP contribution in [0.3, 0.4) is 0 Å². The van der Waals surface area contributed by atoms with Gasteiger partial charge < -0.3 is 15.8 Å². The molecule has 22 heavy (non-hydrogen) atoms. The van der Waals surface area contributed by atoms with Crippen molar-refractivity contribution in [3.63, 3.8) is 0 Å². The smallest absolute Gasteiger partial charge is 0.387 e.